The summed E-state index contributed by atoms with van der Waals surface area (Å²) in [7, 11) is 1.79. The zero-order chi connectivity index (χ0) is 29.6. The van der Waals surface area contributed by atoms with Crippen LogP contribution in [0.5, 0.6) is 0 Å². The van der Waals surface area contributed by atoms with E-state index >= 15 is 0 Å². The molecule has 2 aliphatic rings. The Balaban J connectivity index is 0.00000226. The molecular formula is C34H45N7. The fraction of sp³-hybridized carbons (Fsp3) is 0.382. The van der Waals surface area contributed by atoms with E-state index in [0.717, 1.165) is 97.2 Å². The average Bonchev–Trinajstić information content (AvgIpc) is 3.71. The lowest BCUT2D eigenvalue weighted by Gasteiger charge is -2.17. The number of hydrogen-bond acceptors (Lipinski definition) is 5. The maximum Gasteiger partial charge on any atom is 0.120 e. The van der Waals surface area contributed by atoms with E-state index in [1.54, 1.807) is 7.05 Å². The summed E-state index contributed by atoms with van der Waals surface area (Å²) < 4.78 is 0. The minimum atomic E-state index is 0.246. The largest absolute Gasteiger partial charge is 0.343 e. The molecule has 216 valence electrons. The van der Waals surface area contributed by atoms with Crippen LogP contribution in [0, 0.1) is 11.8 Å². The quantitative estimate of drug-likeness (QED) is 0.0973. The minimum absolute atomic E-state index is 0.246. The molecule has 7 nitrogen and oxygen atoms in total. The summed E-state index contributed by atoms with van der Waals surface area (Å²) in [5, 5.41) is 10.1. The van der Waals surface area contributed by atoms with E-state index in [9.17, 15) is 0 Å². The van der Waals surface area contributed by atoms with Crippen LogP contribution in [-0.2, 0) is 13.0 Å². The monoisotopic (exact) mass is 551 g/mol. The van der Waals surface area contributed by atoms with E-state index in [4.69, 9.17) is 4.98 Å². The molecule has 0 aromatic carbocycles. The molecule has 2 aromatic rings. The number of aliphatic imine (C=N–C) groups is 1. The van der Waals surface area contributed by atoms with Crippen LogP contribution in [0.25, 0.3) is 17.3 Å². The van der Waals surface area contributed by atoms with Crippen LogP contribution >= 0.6 is 0 Å². The average molecular weight is 552 g/mol. The van der Waals surface area contributed by atoms with Gasteiger partial charge in [0.2, 0.25) is 0 Å². The smallest absolute Gasteiger partial charge is 0.120 e. The number of aromatic amines is 1. The predicted octanol–water partition coefficient (Wildman–Crippen LogP) is 5.88. The summed E-state index contributed by atoms with van der Waals surface area (Å²) in [6.45, 7) is 21.2. The second-order valence-electron chi connectivity index (χ2n) is 9.85. The molecule has 4 N–H and O–H groups in total. The number of pyridine rings is 1. The number of H-pyrrole nitrogens is 1. The third kappa shape index (κ3) is 9.28. The van der Waals surface area contributed by atoms with Crippen molar-refractivity contribution in [2.45, 2.75) is 65.5 Å². The summed E-state index contributed by atoms with van der Waals surface area (Å²) in [5.74, 6) is 8.26. The van der Waals surface area contributed by atoms with Crippen molar-refractivity contribution in [2.75, 3.05) is 20.1 Å². The van der Waals surface area contributed by atoms with Gasteiger partial charge in [-0.25, -0.2) is 4.98 Å². The van der Waals surface area contributed by atoms with E-state index in [-0.39, 0.29) is 6.04 Å². The highest BCUT2D eigenvalue weighted by Crippen LogP contribution is 2.26. The molecule has 4 rings (SSSR count). The summed E-state index contributed by atoms with van der Waals surface area (Å²) in [5.41, 5.74) is 7.50. The number of hydrogen-bond donors (Lipinski definition) is 4. The Kier molecular flexibility index (Phi) is 12.6. The molecule has 0 amide bonds. The number of aryl methyl sites for hydroxylation is 1. The first-order chi connectivity index (χ1) is 20.0. The Morgan fingerprint density at radius 3 is 2.73 bits per heavy atom. The van der Waals surface area contributed by atoms with Crippen LogP contribution in [0.3, 0.4) is 0 Å². The highest BCUT2D eigenvalue weighted by molar-refractivity contribution is 5.89. The van der Waals surface area contributed by atoms with Gasteiger partial charge in [0.15, 0.2) is 0 Å². The van der Waals surface area contributed by atoms with Gasteiger partial charge in [-0.3, -0.25) is 9.98 Å². The molecule has 3 heterocycles. The summed E-state index contributed by atoms with van der Waals surface area (Å²) in [4.78, 5) is 17.0. The Morgan fingerprint density at radius 2 is 2.00 bits per heavy atom. The van der Waals surface area contributed by atoms with Gasteiger partial charge in [-0.2, -0.15) is 0 Å². The van der Waals surface area contributed by atoms with Gasteiger partial charge < -0.3 is 20.9 Å². The van der Waals surface area contributed by atoms with Gasteiger partial charge in [0.1, 0.15) is 11.7 Å². The fourth-order valence-corrected chi connectivity index (χ4v) is 4.54. The van der Waals surface area contributed by atoms with Gasteiger partial charge in [-0.05, 0) is 74.5 Å². The Labute approximate surface area is 246 Å². The van der Waals surface area contributed by atoms with Crippen molar-refractivity contribution in [3.8, 4) is 23.1 Å². The molecule has 2 aromatic heterocycles. The van der Waals surface area contributed by atoms with Crippen molar-refractivity contribution in [1.29, 1.82) is 0 Å². The standard InChI is InChI=1S/C32H39N7.C2H6/c1-6-15-34-21-31-37-20-30(39-31)27-18-26-14-13-25(17-29(26)36-19-27)12-10-22(2)9-11-23(3)24(4)38-32(33-5)28-8-7-16-35-28;1-2/h9,11,17-20,28,34-35H,2-4,6-8,13-16,21H2,1,5H3,(H,33,38)(H,37,39);1-2H3/b11-9-;/t28-;/m0./s1. The molecule has 0 unspecified atom stereocenters. The third-order valence-electron chi connectivity index (χ3n) is 6.80. The number of aromatic nitrogens is 3. The lowest BCUT2D eigenvalue weighted by molar-refractivity contribution is 0.655. The van der Waals surface area contributed by atoms with E-state index in [1.165, 1.54) is 5.56 Å². The van der Waals surface area contributed by atoms with E-state index in [1.807, 2.05) is 38.4 Å². The zero-order valence-electron chi connectivity index (χ0n) is 25.2. The van der Waals surface area contributed by atoms with Crippen LogP contribution in [0.4, 0.5) is 0 Å². The molecule has 0 bridgehead atoms. The molecule has 41 heavy (non-hydrogen) atoms. The third-order valence-corrected chi connectivity index (χ3v) is 6.80. The molecule has 1 aliphatic carbocycles. The maximum absolute atomic E-state index is 4.71. The predicted molar refractivity (Wildman–Crippen MR) is 173 cm³/mol. The van der Waals surface area contributed by atoms with E-state index < -0.39 is 0 Å². The lowest BCUT2D eigenvalue weighted by atomic mass is 9.94. The Morgan fingerprint density at radius 1 is 1.17 bits per heavy atom. The molecule has 0 spiro atoms. The summed E-state index contributed by atoms with van der Waals surface area (Å²) in [6, 6.07) is 2.45. The molecule has 1 fully saturated rings. The van der Waals surface area contributed by atoms with Crippen LogP contribution in [0.2, 0.25) is 0 Å². The van der Waals surface area contributed by atoms with Gasteiger partial charge in [-0.1, -0.05) is 58.4 Å². The van der Waals surface area contributed by atoms with Crippen molar-refractivity contribution in [1.82, 2.24) is 30.9 Å². The number of nitrogens with zero attached hydrogens (tertiary/aromatic N) is 3. The topological polar surface area (TPSA) is 90.0 Å². The number of fused-ring (bicyclic) bond motifs is 1. The first kappa shape index (κ1) is 31.5. The Bertz CT molecular complexity index is 1370. The first-order valence-electron chi connectivity index (χ1n) is 14.7. The lowest BCUT2D eigenvalue weighted by Crippen LogP contribution is -2.40. The number of rotatable bonds is 10. The summed E-state index contributed by atoms with van der Waals surface area (Å²) >= 11 is 0. The second-order valence-corrected chi connectivity index (χ2v) is 9.85. The van der Waals surface area contributed by atoms with Crippen LogP contribution < -0.4 is 16.0 Å². The molecule has 1 saturated heterocycles. The Hall–Kier alpha value is -3.99. The SMILES string of the molecule is C=C(C#CC1=Cc2ncc(-c3cnc(CNCCC)[nH]3)cc2CC1)/C=C\C(=C)C(=C)NC(=NC)[C@@H]1CCCN1.CC. The van der Waals surface area contributed by atoms with Crippen molar-refractivity contribution in [3.05, 3.63) is 89.8 Å². The normalized spacial score (nSPS) is 16.1. The second kappa shape index (κ2) is 16.3. The van der Waals surface area contributed by atoms with Crippen molar-refractivity contribution in [2.24, 2.45) is 4.99 Å². The summed E-state index contributed by atoms with van der Waals surface area (Å²) in [6.07, 6.45) is 14.7. The zero-order valence-corrected chi connectivity index (χ0v) is 25.2. The van der Waals surface area contributed by atoms with Crippen molar-refractivity contribution >= 4 is 11.9 Å². The minimum Gasteiger partial charge on any atom is -0.343 e. The number of amidine groups is 1. The fourth-order valence-electron chi connectivity index (χ4n) is 4.54. The highest BCUT2D eigenvalue weighted by Gasteiger charge is 2.20. The molecule has 7 heteroatoms. The van der Waals surface area contributed by atoms with E-state index in [2.05, 4.69) is 81.6 Å². The first-order valence-corrected chi connectivity index (χ1v) is 14.7. The molecule has 0 saturated carbocycles. The molecular weight excluding hydrogens is 506 g/mol. The molecule has 1 aliphatic heterocycles. The van der Waals surface area contributed by atoms with Crippen molar-refractivity contribution in [3.63, 3.8) is 0 Å². The van der Waals surface area contributed by atoms with Gasteiger partial charge >= 0.3 is 0 Å². The highest BCUT2D eigenvalue weighted by atomic mass is 15.1. The maximum atomic E-state index is 4.71. The number of imidazole rings is 1. The van der Waals surface area contributed by atoms with Gasteiger partial charge in [0.25, 0.3) is 0 Å². The van der Waals surface area contributed by atoms with E-state index in [0.29, 0.717) is 5.57 Å². The molecule has 0 radical (unpaired) electrons. The van der Waals surface area contributed by atoms with Crippen molar-refractivity contribution < 1.29 is 0 Å². The van der Waals surface area contributed by atoms with Crippen LogP contribution in [-0.4, -0.2) is 47.0 Å². The van der Waals surface area contributed by atoms with Gasteiger partial charge in [-0.15, -0.1) is 0 Å². The number of allylic oxidation sites excluding steroid dienone is 4. The van der Waals surface area contributed by atoms with Gasteiger partial charge in [0, 0.05) is 35.7 Å². The number of nitrogens with one attached hydrogen (secondary N) is 4. The van der Waals surface area contributed by atoms with Gasteiger partial charge in [0.05, 0.1) is 30.2 Å². The van der Waals surface area contributed by atoms with Crippen LogP contribution in [0.1, 0.15) is 63.5 Å². The van der Waals surface area contributed by atoms with Crippen LogP contribution in [0.15, 0.2) is 77.8 Å². The molecule has 1 atom stereocenters.